The number of carbonyl (C=O) groups is 1. The van der Waals surface area contributed by atoms with Crippen molar-refractivity contribution in [3.05, 3.63) is 18.0 Å². The van der Waals surface area contributed by atoms with Gasteiger partial charge in [0, 0.05) is 24.9 Å². The SMILES string of the molecule is CCCc1cnc(N(C(=O)CC(C)(C)C)C(C)CC)nc1. The van der Waals surface area contributed by atoms with E-state index in [4.69, 9.17) is 0 Å². The van der Waals surface area contributed by atoms with Gasteiger partial charge in [-0.3, -0.25) is 9.69 Å². The third kappa shape index (κ3) is 5.44. The van der Waals surface area contributed by atoms with Gasteiger partial charge < -0.3 is 0 Å². The molecule has 4 heteroatoms. The fourth-order valence-corrected chi connectivity index (χ4v) is 2.17. The molecule has 0 radical (unpaired) electrons. The van der Waals surface area contributed by atoms with E-state index in [9.17, 15) is 4.79 Å². The van der Waals surface area contributed by atoms with Crippen molar-refractivity contribution < 1.29 is 4.79 Å². The molecule has 1 atom stereocenters. The normalized spacial score (nSPS) is 13.0. The van der Waals surface area contributed by atoms with Crippen LogP contribution in [-0.4, -0.2) is 21.9 Å². The fourth-order valence-electron chi connectivity index (χ4n) is 2.17. The minimum absolute atomic E-state index is 0.0368. The molecule has 0 aliphatic rings. The fraction of sp³-hybridized carbons (Fsp3) is 0.706. The van der Waals surface area contributed by atoms with Gasteiger partial charge in [-0.15, -0.1) is 0 Å². The summed E-state index contributed by atoms with van der Waals surface area (Å²) in [5.74, 6) is 0.624. The Kier molecular flexibility index (Phi) is 6.31. The summed E-state index contributed by atoms with van der Waals surface area (Å²) in [7, 11) is 0. The molecular formula is C17H29N3O. The Balaban J connectivity index is 2.99. The number of rotatable bonds is 6. The first-order valence-corrected chi connectivity index (χ1v) is 7.91. The van der Waals surface area contributed by atoms with Crippen molar-refractivity contribution in [2.24, 2.45) is 5.41 Å². The minimum Gasteiger partial charge on any atom is -0.278 e. The summed E-state index contributed by atoms with van der Waals surface area (Å²) in [6, 6.07) is 0.108. The van der Waals surface area contributed by atoms with Crippen LogP contribution >= 0.6 is 0 Å². The summed E-state index contributed by atoms with van der Waals surface area (Å²) in [6.07, 6.45) is 7.10. The van der Waals surface area contributed by atoms with Crippen molar-refractivity contribution >= 4 is 11.9 Å². The topological polar surface area (TPSA) is 46.1 Å². The Labute approximate surface area is 129 Å². The van der Waals surface area contributed by atoms with Gasteiger partial charge >= 0.3 is 0 Å². The maximum atomic E-state index is 12.6. The molecule has 4 nitrogen and oxygen atoms in total. The van der Waals surface area contributed by atoms with E-state index in [1.165, 1.54) is 0 Å². The lowest BCUT2D eigenvalue weighted by Gasteiger charge is -2.29. The van der Waals surface area contributed by atoms with Gasteiger partial charge in [-0.2, -0.15) is 0 Å². The maximum absolute atomic E-state index is 12.6. The number of carbonyl (C=O) groups excluding carboxylic acids is 1. The highest BCUT2D eigenvalue weighted by molar-refractivity contribution is 5.92. The highest BCUT2D eigenvalue weighted by atomic mass is 16.2. The summed E-state index contributed by atoms with van der Waals surface area (Å²) in [6.45, 7) is 12.5. The van der Waals surface area contributed by atoms with E-state index < -0.39 is 0 Å². The standard InChI is InChI=1S/C17H29N3O/c1-7-9-14-11-18-16(19-12-14)20(13(3)8-2)15(21)10-17(4,5)6/h11-13H,7-10H2,1-6H3. The van der Waals surface area contributed by atoms with Crippen LogP contribution in [0.25, 0.3) is 0 Å². The summed E-state index contributed by atoms with van der Waals surface area (Å²) in [5.41, 5.74) is 1.08. The minimum atomic E-state index is -0.0368. The average molecular weight is 291 g/mol. The first-order chi connectivity index (χ1) is 9.78. The number of aryl methyl sites for hydroxylation is 1. The zero-order valence-corrected chi connectivity index (χ0v) is 14.3. The van der Waals surface area contributed by atoms with Gasteiger partial charge in [0.25, 0.3) is 0 Å². The zero-order valence-electron chi connectivity index (χ0n) is 14.3. The van der Waals surface area contributed by atoms with Crippen molar-refractivity contribution in [1.29, 1.82) is 0 Å². The Morgan fingerprint density at radius 3 is 2.24 bits per heavy atom. The maximum Gasteiger partial charge on any atom is 0.232 e. The van der Waals surface area contributed by atoms with Crippen LogP contribution < -0.4 is 4.90 Å². The molecule has 0 fully saturated rings. The molecule has 0 spiro atoms. The third-order valence-corrected chi connectivity index (χ3v) is 3.43. The van der Waals surface area contributed by atoms with Gasteiger partial charge in [-0.1, -0.05) is 41.0 Å². The van der Waals surface area contributed by atoms with Crippen LogP contribution in [0.5, 0.6) is 0 Å². The highest BCUT2D eigenvalue weighted by Crippen LogP contribution is 2.23. The smallest absolute Gasteiger partial charge is 0.232 e. The molecule has 0 N–H and O–H groups in total. The highest BCUT2D eigenvalue weighted by Gasteiger charge is 2.27. The lowest BCUT2D eigenvalue weighted by atomic mass is 9.91. The second-order valence-corrected chi connectivity index (χ2v) is 6.90. The number of amides is 1. The number of hydrogen-bond acceptors (Lipinski definition) is 3. The van der Waals surface area contributed by atoms with Gasteiger partial charge in [-0.25, -0.2) is 9.97 Å². The molecule has 21 heavy (non-hydrogen) atoms. The van der Waals surface area contributed by atoms with E-state index in [-0.39, 0.29) is 17.4 Å². The molecule has 0 saturated carbocycles. The number of nitrogens with zero attached hydrogens (tertiary/aromatic N) is 3. The monoisotopic (exact) mass is 291 g/mol. The Morgan fingerprint density at radius 1 is 1.24 bits per heavy atom. The summed E-state index contributed by atoms with van der Waals surface area (Å²) < 4.78 is 0. The molecule has 0 aliphatic heterocycles. The predicted molar refractivity (Wildman–Crippen MR) is 87.3 cm³/mol. The van der Waals surface area contributed by atoms with E-state index >= 15 is 0 Å². The molecule has 1 heterocycles. The van der Waals surface area contributed by atoms with E-state index in [0.29, 0.717) is 12.4 Å². The Hall–Kier alpha value is -1.45. The van der Waals surface area contributed by atoms with Crippen molar-refractivity contribution in [3.63, 3.8) is 0 Å². The summed E-state index contributed by atoms with van der Waals surface area (Å²) in [5, 5.41) is 0. The number of hydrogen-bond donors (Lipinski definition) is 0. The Morgan fingerprint density at radius 2 is 1.81 bits per heavy atom. The lowest BCUT2D eigenvalue weighted by molar-refractivity contribution is -0.120. The van der Waals surface area contributed by atoms with E-state index in [0.717, 1.165) is 24.8 Å². The molecule has 0 aromatic carbocycles. The third-order valence-electron chi connectivity index (χ3n) is 3.43. The molecule has 1 aromatic heterocycles. The quantitative estimate of drug-likeness (QED) is 0.796. The predicted octanol–water partition coefficient (Wildman–Crippen LogP) is 4.00. The van der Waals surface area contributed by atoms with Gasteiger partial charge in [0.15, 0.2) is 0 Å². The molecule has 1 unspecified atom stereocenters. The lowest BCUT2D eigenvalue weighted by Crippen LogP contribution is -2.41. The largest absolute Gasteiger partial charge is 0.278 e. The van der Waals surface area contributed by atoms with E-state index in [1.807, 2.05) is 19.3 Å². The second-order valence-electron chi connectivity index (χ2n) is 6.90. The average Bonchev–Trinajstić information content (AvgIpc) is 2.39. The zero-order chi connectivity index (χ0) is 16.0. The van der Waals surface area contributed by atoms with Crippen molar-refractivity contribution in [2.75, 3.05) is 4.90 Å². The summed E-state index contributed by atoms with van der Waals surface area (Å²) >= 11 is 0. The molecule has 0 bridgehead atoms. The van der Waals surface area contributed by atoms with Gasteiger partial charge in [-0.05, 0) is 30.7 Å². The van der Waals surface area contributed by atoms with Gasteiger partial charge in [0.2, 0.25) is 11.9 Å². The second kappa shape index (κ2) is 7.53. The van der Waals surface area contributed by atoms with Crippen LogP contribution in [0.4, 0.5) is 5.95 Å². The molecule has 0 saturated heterocycles. The van der Waals surface area contributed by atoms with Crippen molar-refractivity contribution in [3.8, 4) is 0 Å². The van der Waals surface area contributed by atoms with Gasteiger partial charge in [0.1, 0.15) is 0 Å². The van der Waals surface area contributed by atoms with Crippen LogP contribution in [0.15, 0.2) is 12.4 Å². The van der Waals surface area contributed by atoms with Crippen molar-refractivity contribution in [1.82, 2.24) is 9.97 Å². The Bertz CT molecular complexity index is 448. The first-order valence-electron chi connectivity index (χ1n) is 7.91. The van der Waals surface area contributed by atoms with E-state index in [1.54, 1.807) is 4.90 Å². The number of anilines is 1. The molecule has 0 aliphatic carbocycles. The van der Waals surface area contributed by atoms with Gasteiger partial charge in [0.05, 0.1) is 0 Å². The molecule has 1 rings (SSSR count). The van der Waals surface area contributed by atoms with Crippen LogP contribution in [0.1, 0.15) is 66.4 Å². The molecular weight excluding hydrogens is 262 g/mol. The van der Waals surface area contributed by atoms with Crippen LogP contribution in [0.3, 0.4) is 0 Å². The van der Waals surface area contributed by atoms with Crippen LogP contribution in [-0.2, 0) is 11.2 Å². The molecule has 1 aromatic rings. The van der Waals surface area contributed by atoms with Crippen LogP contribution in [0, 0.1) is 5.41 Å². The van der Waals surface area contributed by atoms with Crippen LogP contribution in [0.2, 0.25) is 0 Å². The van der Waals surface area contributed by atoms with E-state index in [2.05, 4.69) is 44.6 Å². The molecule has 118 valence electrons. The molecule has 1 amide bonds. The number of aromatic nitrogens is 2. The first kappa shape index (κ1) is 17.6. The summed E-state index contributed by atoms with van der Waals surface area (Å²) in [4.78, 5) is 23.2. The van der Waals surface area contributed by atoms with Crippen molar-refractivity contribution in [2.45, 2.75) is 73.3 Å².